The third kappa shape index (κ3) is 2.04. The Morgan fingerprint density at radius 1 is 1.78 bits per heavy atom. The molecule has 2 heteroatoms. The Morgan fingerprint density at radius 3 is 2.89 bits per heavy atom. The lowest BCUT2D eigenvalue weighted by molar-refractivity contribution is 0.218. The minimum absolute atomic E-state index is 0.548. The van der Waals surface area contributed by atoms with Gasteiger partial charge in [-0.25, -0.2) is 4.79 Å². The second kappa shape index (κ2) is 2.85. The molecule has 0 N–H and O–H groups in total. The second-order valence-electron chi connectivity index (χ2n) is 2.71. The molecule has 1 unspecified atom stereocenters. The highest BCUT2D eigenvalue weighted by molar-refractivity contribution is 5.38. The third-order valence-corrected chi connectivity index (χ3v) is 1.83. The normalized spacial score (nSPS) is 21.0. The van der Waals surface area contributed by atoms with Crippen LogP contribution in [0.15, 0.2) is 0 Å². The third-order valence-electron chi connectivity index (χ3n) is 1.83. The highest BCUT2D eigenvalue weighted by Gasteiger charge is 2.27. The Balaban J connectivity index is 2.02. The Hall–Kier alpha value is -0.530. The van der Waals surface area contributed by atoms with Crippen molar-refractivity contribution in [3.8, 4) is 0 Å². The molecule has 1 aliphatic carbocycles. The average Bonchev–Trinajstić information content (AvgIpc) is 2.63. The molecule has 1 saturated carbocycles. The first-order valence-corrected chi connectivity index (χ1v) is 3.33. The second-order valence-corrected chi connectivity index (χ2v) is 2.71. The predicted octanol–water partition coefficient (Wildman–Crippen LogP) is 1.12. The van der Waals surface area contributed by atoms with Gasteiger partial charge in [-0.05, 0) is 24.7 Å². The van der Waals surface area contributed by atoms with Crippen molar-refractivity contribution in [2.75, 3.05) is 6.61 Å². The number of hydrogen-bond donors (Lipinski definition) is 0. The van der Waals surface area contributed by atoms with Crippen molar-refractivity contribution in [2.45, 2.75) is 19.8 Å². The van der Waals surface area contributed by atoms with Crippen LogP contribution in [0.4, 0.5) is 0 Å². The zero-order valence-corrected chi connectivity index (χ0v) is 5.59. The highest BCUT2D eigenvalue weighted by atomic mass is 16.5. The summed E-state index contributed by atoms with van der Waals surface area (Å²) in [4.78, 5) is 9.61. The minimum atomic E-state index is 0.548. The van der Waals surface area contributed by atoms with Crippen LogP contribution < -0.4 is 0 Å². The monoisotopic (exact) mass is 127 g/mol. The fraction of sp³-hybridized carbons (Fsp3) is 0.857. The molecule has 9 heavy (non-hydrogen) atoms. The van der Waals surface area contributed by atoms with Crippen LogP contribution in [0.25, 0.3) is 0 Å². The molecule has 0 bridgehead atoms. The van der Waals surface area contributed by atoms with Crippen LogP contribution in [0, 0.1) is 11.8 Å². The largest absolute Gasteiger partial charge is 0.457 e. The van der Waals surface area contributed by atoms with E-state index in [-0.39, 0.29) is 0 Å². The molecule has 1 aliphatic rings. The van der Waals surface area contributed by atoms with Gasteiger partial charge in [-0.1, -0.05) is 6.92 Å². The van der Waals surface area contributed by atoms with Gasteiger partial charge in [0.1, 0.15) is 0 Å². The van der Waals surface area contributed by atoms with Gasteiger partial charge in [-0.15, -0.1) is 0 Å². The first-order valence-electron chi connectivity index (χ1n) is 3.33. The molecular formula is C7H11O2. The Morgan fingerprint density at radius 2 is 2.44 bits per heavy atom. The summed E-state index contributed by atoms with van der Waals surface area (Å²) < 4.78 is 4.49. The molecule has 1 rings (SSSR count). The standard InChI is InChI=1S/C7H11O2/c1-6(4-9-5-8)7-2-3-7/h6-7H,2-4H2,1H3. The topological polar surface area (TPSA) is 26.3 Å². The smallest absolute Gasteiger partial charge is 0.417 e. The van der Waals surface area contributed by atoms with E-state index < -0.39 is 0 Å². The first kappa shape index (κ1) is 6.59. The maximum absolute atomic E-state index is 9.61. The van der Waals surface area contributed by atoms with E-state index in [1.54, 1.807) is 0 Å². The lowest BCUT2D eigenvalue weighted by atomic mass is 10.1. The molecule has 1 radical (unpaired) electrons. The number of ether oxygens (including phenoxy) is 1. The van der Waals surface area contributed by atoms with Crippen molar-refractivity contribution in [1.29, 1.82) is 0 Å². The summed E-state index contributed by atoms with van der Waals surface area (Å²) in [7, 11) is 0. The van der Waals surface area contributed by atoms with E-state index in [0.29, 0.717) is 12.5 Å². The average molecular weight is 127 g/mol. The summed E-state index contributed by atoms with van der Waals surface area (Å²) in [6, 6.07) is 0. The van der Waals surface area contributed by atoms with Crippen LogP contribution in [0.2, 0.25) is 0 Å². The van der Waals surface area contributed by atoms with E-state index in [0.717, 1.165) is 5.92 Å². The summed E-state index contributed by atoms with van der Waals surface area (Å²) in [6.45, 7) is 4.09. The lowest BCUT2D eigenvalue weighted by Crippen LogP contribution is -2.06. The highest BCUT2D eigenvalue weighted by Crippen LogP contribution is 2.36. The van der Waals surface area contributed by atoms with Crippen molar-refractivity contribution >= 4 is 6.47 Å². The van der Waals surface area contributed by atoms with Crippen molar-refractivity contribution in [1.82, 2.24) is 0 Å². The number of carbonyl (C=O) groups excluding carboxylic acids is 1. The predicted molar refractivity (Wildman–Crippen MR) is 33.5 cm³/mol. The molecule has 0 amide bonds. The minimum Gasteiger partial charge on any atom is -0.457 e. The SMILES string of the molecule is CC(CO[C]=O)C1CC1. The van der Waals surface area contributed by atoms with Crippen molar-refractivity contribution in [2.24, 2.45) is 11.8 Å². The first-order chi connectivity index (χ1) is 4.34. The van der Waals surface area contributed by atoms with Crippen molar-refractivity contribution < 1.29 is 9.53 Å². The van der Waals surface area contributed by atoms with Gasteiger partial charge in [-0.3, -0.25) is 0 Å². The van der Waals surface area contributed by atoms with Crippen LogP contribution in [-0.4, -0.2) is 13.1 Å². The molecule has 0 aromatic carbocycles. The van der Waals surface area contributed by atoms with Crippen LogP contribution in [0.3, 0.4) is 0 Å². The maximum Gasteiger partial charge on any atom is 0.417 e. The Bertz CT molecular complexity index is 97.1. The van der Waals surface area contributed by atoms with Gasteiger partial charge in [0, 0.05) is 0 Å². The van der Waals surface area contributed by atoms with Gasteiger partial charge in [-0.2, -0.15) is 0 Å². The maximum atomic E-state index is 9.61. The fourth-order valence-corrected chi connectivity index (χ4v) is 0.967. The summed E-state index contributed by atoms with van der Waals surface area (Å²) in [5.74, 6) is 1.37. The number of rotatable bonds is 4. The van der Waals surface area contributed by atoms with Gasteiger partial charge in [0.25, 0.3) is 0 Å². The molecule has 2 nitrogen and oxygen atoms in total. The molecule has 0 aromatic rings. The van der Waals surface area contributed by atoms with Crippen LogP contribution >= 0.6 is 0 Å². The van der Waals surface area contributed by atoms with E-state index in [1.807, 2.05) is 0 Å². The molecule has 0 spiro atoms. The van der Waals surface area contributed by atoms with E-state index in [2.05, 4.69) is 11.7 Å². The quantitative estimate of drug-likeness (QED) is 0.565. The zero-order chi connectivity index (χ0) is 6.69. The van der Waals surface area contributed by atoms with Crippen LogP contribution in [0.5, 0.6) is 0 Å². The lowest BCUT2D eigenvalue weighted by Gasteiger charge is -2.05. The van der Waals surface area contributed by atoms with Crippen molar-refractivity contribution in [3.05, 3.63) is 0 Å². The van der Waals surface area contributed by atoms with Gasteiger partial charge < -0.3 is 4.74 Å². The molecule has 1 atom stereocenters. The molecular weight excluding hydrogens is 116 g/mol. The Labute approximate surface area is 55.2 Å². The summed E-state index contributed by atoms with van der Waals surface area (Å²) in [5.41, 5.74) is 0. The molecule has 0 heterocycles. The molecule has 0 saturated heterocycles. The van der Waals surface area contributed by atoms with E-state index in [4.69, 9.17) is 0 Å². The van der Waals surface area contributed by atoms with Gasteiger partial charge in [0.2, 0.25) is 0 Å². The summed E-state index contributed by atoms with van der Waals surface area (Å²) in [6.07, 6.45) is 2.62. The zero-order valence-electron chi connectivity index (χ0n) is 5.59. The van der Waals surface area contributed by atoms with Gasteiger partial charge in [0.15, 0.2) is 0 Å². The summed E-state index contributed by atoms with van der Waals surface area (Å²) >= 11 is 0. The van der Waals surface area contributed by atoms with E-state index in [1.165, 1.54) is 19.3 Å². The molecule has 0 aliphatic heterocycles. The van der Waals surface area contributed by atoms with E-state index >= 15 is 0 Å². The molecule has 51 valence electrons. The molecule has 0 aromatic heterocycles. The van der Waals surface area contributed by atoms with Crippen molar-refractivity contribution in [3.63, 3.8) is 0 Å². The molecule has 1 fully saturated rings. The van der Waals surface area contributed by atoms with Crippen LogP contribution in [0.1, 0.15) is 19.8 Å². The summed E-state index contributed by atoms with van der Waals surface area (Å²) in [5, 5.41) is 0. The fourth-order valence-electron chi connectivity index (χ4n) is 0.967. The van der Waals surface area contributed by atoms with E-state index in [9.17, 15) is 4.79 Å². The number of hydrogen-bond acceptors (Lipinski definition) is 2. The Kier molecular flexibility index (Phi) is 2.09. The van der Waals surface area contributed by atoms with Gasteiger partial charge in [0.05, 0.1) is 6.61 Å². The van der Waals surface area contributed by atoms with Crippen LogP contribution in [-0.2, 0) is 9.53 Å². The van der Waals surface area contributed by atoms with Gasteiger partial charge >= 0.3 is 6.47 Å².